The first-order valence-corrected chi connectivity index (χ1v) is 5.70. The van der Waals surface area contributed by atoms with E-state index in [4.69, 9.17) is 0 Å². The fourth-order valence-corrected chi connectivity index (χ4v) is 1.66. The maximum absolute atomic E-state index is 9.39. The monoisotopic (exact) mass is 209 g/mol. The van der Waals surface area contributed by atoms with Crippen molar-refractivity contribution in [1.29, 1.82) is 0 Å². The molecular weight excluding hydrogens is 190 g/mol. The van der Waals surface area contributed by atoms with E-state index >= 15 is 0 Å². The van der Waals surface area contributed by atoms with Gasteiger partial charge in [-0.15, -0.1) is 0 Å². The number of imidazole rings is 1. The van der Waals surface area contributed by atoms with E-state index in [1.165, 1.54) is 18.5 Å². The minimum Gasteiger partial charge on any atom is -0.392 e. The van der Waals surface area contributed by atoms with E-state index in [1.54, 1.807) is 0 Å². The molecule has 1 unspecified atom stereocenters. The third kappa shape index (κ3) is 2.79. The lowest BCUT2D eigenvalue weighted by atomic mass is 10.3. The van der Waals surface area contributed by atoms with Crippen LogP contribution >= 0.6 is 0 Å². The zero-order chi connectivity index (χ0) is 10.7. The summed E-state index contributed by atoms with van der Waals surface area (Å²) in [6.07, 6.45) is 6.94. The smallest absolute Gasteiger partial charge is 0.0951 e. The van der Waals surface area contributed by atoms with Crippen LogP contribution in [0.15, 0.2) is 12.5 Å². The van der Waals surface area contributed by atoms with Crippen molar-refractivity contribution in [1.82, 2.24) is 14.9 Å². The number of rotatable bonds is 6. The highest BCUT2D eigenvalue weighted by Gasteiger charge is 2.24. The maximum atomic E-state index is 9.39. The number of hydrogen-bond donors (Lipinski definition) is 2. The van der Waals surface area contributed by atoms with Crippen LogP contribution in [-0.4, -0.2) is 27.3 Å². The normalized spacial score (nSPS) is 18.0. The fourth-order valence-electron chi connectivity index (χ4n) is 1.66. The molecule has 4 heteroatoms. The Balaban J connectivity index is 1.80. The van der Waals surface area contributed by atoms with E-state index in [9.17, 15) is 5.11 Å². The van der Waals surface area contributed by atoms with E-state index in [0.29, 0.717) is 12.6 Å². The number of nitrogens with one attached hydrogen (secondary N) is 1. The van der Waals surface area contributed by atoms with Crippen LogP contribution < -0.4 is 5.32 Å². The van der Waals surface area contributed by atoms with Gasteiger partial charge in [0.1, 0.15) is 0 Å². The van der Waals surface area contributed by atoms with Crippen LogP contribution in [0.25, 0.3) is 0 Å². The van der Waals surface area contributed by atoms with Gasteiger partial charge in [0.25, 0.3) is 0 Å². The van der Waals surface area contributed by atoms with Gasteiger partial charge in [-0.25, -0.2) is 4.98 Å². The summed E-state index contributed by atoms with van der Waals surface area (Å²) in [6.45, 7) is 3.45. The van der Waals surface area contributed by atoms with Crippen LogP contribution in [0.1, 0.15) is 37.9 Å². The van der Waals surface area contributed by atoms with Crippen LogP contribution in [0.2, 0.25) is 0 Å². The lowest BCUT2D eigenvalue weighted by Crippen LogP contribution is -2.26. The molecule has 0 radical (unpaired) electrons. The van der Waals surface area contributed by atoms with Crippen molar-refractivity contribution in [2.24, 2.45) is 0 Å². The van der Waals surface area contributed by atoms with Gasteiger partial charge in [-0.3, -0.25) is 0 Å². The van der Waals surface area contributed by atoms with Crippen molar-refractivity contribution >= 4 is 0 Å². The summed E-state index contributed by atoms with van der Waals surface area (Å²) in [5.74, 6) is 0. The number of aliphatic hydroxyl groups is 1. The molecule has 15 heavy (non-hydrogen) atoms. The second-order valence-corrected chi connectivity index (χ2v) is 4.22. The summed E-state index contributed by atoms with van der Waals surface area (Å²) in [4.78, 5) is 4.16. The molecule has 2 rings (SSSR count). The van der Waals surface area contributed by atoms with Crippen LogP contribution in [0.5, 0.6) is 0 Å². The molecule has 0 aliphatic heterocycles. The van der Waals surface area contributed by atoms with Crippen molar-refractivity contribution in [3.05, 3.63) is 18.2 Å². The highest BCUT2D eigenvalue weighted by atomic mass is 16.3. The Morgan fingerprint density at radius 1 is 1.67 bits per heavy atom. The van der Waals surface area contributed by atoms with Gasteiger partial charge in [-0.2, -0.15) is 0 Å². The lowest BCUT2D eigenvalue weighted by molar-refractivity contribution is 0.167. The summed E-state index contributed by atoms with van der Waals surface area (Å²) in [5.41, 5.74) is 1.22. The summed E-state index contributed by atoms with van der Waals surface area (Å²) in [5, 5.41) is 12.6. The number of aliphatic hydroxyl groups excluding tert-OH is 1. The van der Waals surface area contributed by atoms with Gasteiger partial charge in [-0.05, 0) is 19.3 Å². The third-order valence-electron chi connectivity index (χ3n) is 2.84. The fraction of sp³-hybridized carbons (Fsp3) is 0.727. The van der Waals surface area contributed by atoms with Gasteiger partial charge in [-0.1, -0.05) is 6.92 Å². The molecule has 1 aromatic heterocycles. The average molecular weight is 209 g/mol. The minimum atomic E-state index is -0.234. The predicted octanol–water partition coefficient (Wildman–Crippen LogP) is 1.08. The van der Waals surface area contributed by atoms with Crippen molar-refractivity contribution in [3.8, 4) is 0 Å². The van der Waals surface area contributed by atoms with Crippen molar-refractivity contribution in [2.75, 3.05) is 6.54 Å². The molecule has 4 nitrogen and oxygen atoms in total. The molecular formula is C11H19N3O. The summed E-state index contributed by atoms with van der Waals surface area (Å²) in [7, 11) is 0. The lowest BCUT2D eigenvalue weighted by Gasteiger charge is -2.10. The second kappa shape index (κ2) is 4.77. The molecule has 0 bridgehead atoms. The molecule has 1 aliphatic carbocycles. The molecule has 1 heterocycles. The molecule has 0 saturated heterocycles. The van der Waals surface area contributed by atoms with Gasteiger partial charge in [0.2, 0.25) is 0 Å². The second-order valence-electron chi connectivity index (χ2n) is 4.22. The molecule has 1 saturated carbocycles. The molecule has 1 fully saturated rings. The molecule has 84 valence electrons. The molecule has 1 aliphatic rings. The van der Waals surface area contributed by atoms with Crippen molar-refractivity contribution in [3.63, 3.8) is 0 Å². The van der Waals surface area contributed by atoms with Gasteiger partial charge in [0.05, 0.1) is 18.1 Å². The van der Waals surface area contributed by atoms with Gasteiger partial charge < -0.3 is 15.0 Å². The van der Waals surface area contributed by atoms with Gasteiger partial charge >= 0.3 is 0 Å². The molecule has 1 aromatic rings. The Bertz CT molecular complexity index is 307. The van der Waals surface area contributed by atoms with Crippen molar-refractivity contribution < 1.29 is 5.11 Å². The average Bonchev–Trinajstić information content (AvgIpc) is 2.99. The largest absolute Gasteiger partial charge is 0.392 e. The standard InChI is InChI=1S/C11H19N3O/c1-2-11(15)7-12-5-10-6-13-8-14(10)9-3-4-9/h6,8-9,11-12,15H,2-5,7H2,1H3. The quantitative estimate of drug-likeness (QED) is 0.737. The molecule has 1 atom stereocenters. The Hall–Kier alpha value is -0.870. The highest BCUT2D eigenvalue weighted by Crippen LogP contribution is 2.35. The van der Waals surface area contributed by atoms with Crippen LogP contribution in [0, 0.1) is 0 Å². The molecule has 0 aromatic carbocycles. The maximum Gasteiger partial charge on any atom is 0.0951 e. The Morgan fingerprint density at radius 3 is 3.13 bits per heavy atom. The highest BCUT2D eigenvalue weighted by molar-refractivity contribution is 5.03. The van der Waals surface area contributed by atoms with Crippen LogP contribution in [0.3, 0.4) is 0 Å². The van der Waals surface area contributed by atoms with E-state index in [2.05, 4.69) is 14.9 Å². The number of aromatic nitrogens is 2. The first-order chi connectivity index (χ1) is 7.31. The zero-order valence-electron chi connectivity index (χ0n) is 9.19. The summed E-state index contributed by atoms with van der Waals surface area (Å²) in [6, 6.07) is 0.681. The predicted molar refractivity (Wildman–Crippen MR) is 58.5 cm³/mol. The van der Waals surface area contributed by atoms with E-state index in [-0.39, 0.29) is 6.10 Å². The van der Waals surface area contributed by atoms with Crippen molar-refractivity contribution in [2.45, 2.75) is 44.9 Å². The van der Waals surface area contributed by atoms with E-state index in [1.807, 2.05) is 19.4 Å². The zero-order valence-corrected chi connectivity index (χ0v) is 9.19. The third-order valence-corrected chi connectivity index (χ3v) is 2.84. The van der Waals surface area contributed by atoms with Crippen LogP contribution in [0.4, 0.5) is 0 Å². The first kappa shape index (κ1) is 10.6. The minimum absolute atomic E-state index is 0.234. The van der Waals surface area contributed by atoms with Crippen LogP contribution in [-0.2, 0) is 6.54 Å². The van der Waals surface area contributed by atoms with E-state index in [0.717, 1.165) is 13.0 Å². The number of nitrogens with zero attached hydrogens (tertiary/aromatic N) is 2. The summed E-state index contributed by atoms with van der Waals surface area (Å²) >= 11 is 0. The summed E-state index contributed by atoms with van der Waals surface area (Å²) < 4.78 is 2.24. The van der Waals surface area contributed by atoms with E-state index < -0.39 is 0 Å². The topological polar surface area (TPSA) is 50.1 Å². The SMILES string of the molecule is CCC(O)CNCc1cncn1C1CC1. The Morgan fingerprint density at radius 2 is 2.47 bits per heavy atom. The van der Waals surface area contributed by atoms with Gasteiger partial charge in [0, 0.05) is 25.3 Å². The molecule has 0 spiro atoms. The molecule has 2 N–H and O–H groups in total. The Labute approximate surface area is 90.3 Å². The first-order valence-electron chi connectivity index (χ1n) is 5.70. The Kier molecular flexibility index (Phi) is 3.38. The molecule has 0 amide bonds. The van der Waals surface area contributed by atoms with Gasteiger partial charge in [0.15, 0.2) is 0 Å². The number of hydrogen-bond acceptors (Lipinski definition) is 3.